The molecule has 0 spiro atoms. The Morgan fingerprint density at radius 3 is 2.24 bits per heavy atom. The van der Waals surface area contributed by atoms with Crippen LogP contribution in [0.3, 0.4) is 0 Å². The maximum Gasteiger partial charge on any atom is 0.264 e. The molecule has 3 rings (SSSR count). The summed E-state index contributed by atoms with van der Waals surface area (Å²) in [4.78, 5) is 13.4. The Morgan fingerprint density at radius 1 is 1.00 bits per heavy atom. The lowest BCUT2D eigenvalue weighted by molar-refractivity contribution is -0.120. The highest BCUT2D eigenvalue weighted by molar-refractivity contribution is 7.92. The Kier molecular flexibility index (Phi) is 9.83. The van der Waals surface area contributed by atoms with E-state index in [0.717, 1.165) is 9.87 Å². The summed E-state index contributed by atoms with van der Waals surface area (Å²) in [7, 11) is -2.53. The molecule has 1 atom stereocenters. The Morgan fingerprint density at radius 2 is 1.65 bits per heavy atom. The number of benzene rings is 3. The van der Waals surface area contributed by atoms with Crippen molar-refractivity contribution in [3.05, 3.63) is 83.4 Å². The first-order valence-electron chi connectivity index (χ1n) is 12.1. The number of sulfonamides is 1. The second kappa shape index (κ2) is 12.8. The Labute approximate surface area is 224 Å². The zero-order chi connectivity index (χ0) is 27.0. The van der Waals surface area contributed by atoms with Gasteiger partial charge in [-0.25, -0.2) is 8.42 Å². The fraction of sp³-hybridized carbons (Fsp3) is 0.321. The number of amides is 1. The van der Waals surface area contributed by atoms with E-state index in [-0.39, 0.29) is 16.6 Å². The van der Waals surface area contributed by atoms with Crippen molar-refractivity contribution in [2.75, 3.05) is 24.6 Å². The molecule has 3 aromatic carbocycles. The number of ether oxygens (including phenoxy) is 2. The van der Waals surface area contributed by atoms with Crippen LogP contribution in [0, 0.1) is 5.92 Å². The zero-order valence-corrected chi connectivity index (χ0v) is 23.1. The lowest BCUT2D eigenvalue weighted by Crippen LogP contribution is -2.42. The summed E-state index contributed by atoms with van der Waals surface area (Å²) in [6, 6.07) is 19.8. The number of para-hydroxylation sites is 2. The Hall–Kier alpha value is -3.23. The highest BCUT2D eigenvalue weighted by atomic mass is 35.5. The first kappa shape index (κ1) is 28.3. The highest BCUT2D eigenvalue weighted by Gasteiger charge is 2.30. The van der Waals surface area contributed by atoms with Crippen LogP contribution in [0.2, 0.25) is 5.02 Å². The van der Waals surface area contributed by atoms with Crippen LogP contribution in [-0.4, -0.2) is 34.6 Å². The average molecular weight is 545 g/mol. The van der Waals surface area contributed by atoms with Crippen molar-refractivity contribution in [1.82, 2.24) is 5.32 Å². The molecule has 0 aromatic heterocycles. The molecule has 198 valence electrons. The maximum atomic E-state index is 13.8. The Balaban J connectivity index is 1.97. The van der Waals surface area contributed by atoms with Crippen LogP contribution in [0.5, 0.6) is 11.5 Å². The number of hydrogen-bond acceptors (Lipinski definition) is 5. The van der Waals surface area contributed by atoms with Crippen LogP contribution >= 0.6 is 11.6 Å². The SMILES string of the molecule is CCOc1ccccc1N(CC(=O)NC(CC(C)C)c1ccc(OC)cc1)S(=O)(=O)c1ccc(Cl)cc1. The molecule has 1 unspecified atom stereocenters. The normalized spacial score (nSPS) is 12.2. The molecule has 7 nitrogen and oxygen atoms in total. The molecule has 0 fully saturated rings. The zero-order valence-electron chi connectivity index (χ0n) is 21.5. The largest absolute Gasteiger partial charge is 0.497 e. The molecule has 3 aromatic rings. The van der Waals surface area contributed by atoms with E-state index in [0.29, 0.717) is 35.5 Å². The summed E-state index contributed by atoms with van der Waals surface area (Å²) in [5.74, 6) is 0.931. The first-order valence-corrected chi connectivity index (χ1v) is 13.9. The monoisotopic (exact) mass is 544 g/mol. The first-order chi connectivity index (χ1) is 17.6. The van der Waals surface area contributed by atoms with E-state index in [1.54, 1.807) is 31.4 Å². The van der Waals surface area contributed by atoms with Crippen LogP contribution in [0.15, 0.2) is 77.7 Å². The number of rotatable bonds is 12. The van der Waals surface area contributed by atoms with Crippen molar-refractivity contribution in [2.24, 2.45) is 5.92 Å². The third kappa shape index (κ3) is 7.40. The molecular weight excluding hydrogens is 512 g/mol. The van der Waals surface area contributed by atoms with Crippen molar-refractivity contribution in [1.29, 1.82) is 0 Å². The second-order valence-corrected chi connectivity index (χ2v) is 11.2. The van der Waals surface area contributed by atoms with Gasteiger partial charge in [0.05, 0.1) is 30.3 Å². The molecule has 0 saturated carbocycles. The van der Waals surface area contributed by atoms with Gasteiger partial charge in [-0.1, -0.05) is 49.7 Å². The van der Waals surface area contributed by atoms with E-state index in [1.165, 1.54) is 24.3 Å². The molecule has 1 amide bonds. The summed E-state index contributed by atoms with van der Waals surface area (Å²) >= 11 is 5.98. The van der Waals surface area contributed by atoms with Gasteiger partial charge in [0, 0.05) is 5.02 Å². The maximum absolute atomic E-state index is 13.8. The van der Waals surface area contributed by atoms with Gasteiger partial charge in [0.15, 0.2) is 0 Å². The van der Waals surface area contributed by atoms with Crippen LogP contribution < -0.4 is 19.1 Å². The van der Waals surface area contributed by atoms with E-state index in [2.05, 4.69) is 19.2 Å². The fourth-order valence-corrected chi connectivity index (χ4v) is 5.49. The quantitative estimate of drug-likeness (QED) is 0.309. The number of halogens is 1. The summed E-state index contributed by atoms with van der Waals surface area (Å²) in [6.07, 6.45) is 0.678. The number of nitrogens with zero attached hydrogens (tertiary/aromatic N) is 1. The number of nitrogens with one attached hydrogen (secondary N) is 1. The van der Waals surface area contributed by atoms with Gasteiger partial charge in [-0.3, -0.25) is 9.10 Å². The Bertz CT molecular complexity index is 1280. The lowest BCUT2D eigenvalue weighted by Gasteiger charge is -2.27. The summed E-state index contributed by atoms with van der Waals surface area (Å²) in [6.45, 7) is 5.86. The number of hydrogen-bond donors (Lipinski definition) is 1. The predicted octanol–water partition coefficient (Wildman–Crippen LogP) is 5.85. The number of carbonyl (C=O) groups is 1. The van der Waals surface area contributed by atoms with Gasteiger partial charge >= 0.3 is 0 Å². The highest BCUT2D eigenvalue weighted by Crippen LogP contribution is 2.33. The van der Waals surface area contributed by atoms with Gasteiger partial charge in [0.1, 0.15) is 18.0 Å². The molecular formula is C28H33ClN2O5S. The molecule has 0 radical (unpaired) electrons. The molecule has 0 aliphatic heterocycles. The van der Waals surface area contributed by atoms with Crippen molar-refractivity contribution in [3.63, 3.8) is 0 Å². The van der Waals surface area contributed by atoms with Gasteiger partial charge in [-0.2, -0.15) is 0 Å². The summed E-state index contributed by atoms with van der Waals surface area (Å²) in [5, 5.41) is 3.45. The van der Waals surface area contributed by atoms with Gasteiger partial charge in [0.25, 0.3) is 10.0 Å². The van der Waals surface area contributed by atoms with Crippen LogP contribution in [0.1, 0.15) is 38.8 Å². The third-order valence-corrected chi connectivity index (χ3v) is 7.71. The third-order valence-electron chi connectivity index (χ3n) is 5.68. The molecule has 0 aliphatic rings. The molecule has 0 aliphatic carbocycles. The fourth-order valence-electron chi connectivity index (χ4n) is 3.93. The van der Waals surface area contributed by atoms with E-state index in [1.807, 2.05) is 31.2 Å². The van der Waals surface area contributed by atoms with E-state index < -0.39 is 22.5 Å². The van der Waals surface area contributed by atoms with E-state index in [9.17, 15) is 13.2 Å². The lowest BCUT2D eigenvalue weighted by atomic mass is 9.97. The van der Waals surface area contributed by atoms with Crippen LogP contribution in [0.25, 0.3) is 0 Å². The van der Waals surface area contributed by atoms with Gasteiger partial charge < -0.3 is 14.8 Å². The van der Waals surface area contributed by atoms with E-state index in [4.69, 9.17) is 21.1 Å². The molecule has 37 heavy (non-hydrogen) atoms. The van der Waals surface area contributed by atoms with E-state index >= 15 is 0 Å². The number of anilines is 1. The molecule has 9 heteroatoms. The minimum Gasteiger partial charge on any atom is -0.497 e. The standard InChI is InChI=1S/C28H33ClN2O5S/c1-5-36-27-9-7-6-8-26(27)31(37(33,34)24-16-12-22(29)13-17-24)19-28(32)30-25(18-20(2)3)21-10-14-23(35-4)15-11-21/h6-17,20,25H,5,18-19H2,1-4H3,(H,30,32). The molecule has 1 N–H and O–H groups in total. The minimum atomic E-state index is -4.12. The summed E-state index contributed by atoms with van der Waals surface area (Å²) < 4.78 is 39.6. The van der Waals surface area contributed by atoms with Gasteiger partial charge in [-0.05, 0) is 73.4 Å². The van der Waals surface area contributed by atoms with Crippen LogP contribution in [0.4, 0.5) is 5.69 Å². The second-order valence-electron chi connectivity index (χ2n) is 8.89. The number of carbonyl (C=O) groups excluding carboxylic acids is 1. The molecule has 0 saturated heterocycles. The molecule has 0 bridgehead atoms. The average Bonchev–Trinajstić information content (AvgIpc) is 2.87. The predicted molar refractivity (Wildman–Crippen MR) is 147 cm³/mol. The van der Waals surface area contributed by atoms with Crippen molar-refractivity contribution >= 4 is 33.2 Å². The minimum absolute atomic E-state index is 0.0184. The van der Waals surface area contributed by atoms with Crippen molar-refractivity contribution in [2.45, 2.75) is 38.1 Å². The topological polar surface area (TPSA) is 84.9 Å². The van der Waals surface area contributed by atoms with Gasteiger partial charge in [-0.15, -0.1) is 0 Å². The van der Waals surface area contributed by atoms with Crippen molar-refractivity contribution in [3.8, 4) is 11.5 Å². The van der Waals surface area contributed by atoms with Crippen molar-refractivity contribution < 1.29 is 22.7 Å². The number of methoxy groups -OCH3 is 1. The smallest absolute Gasteiger partial charge is 0.264 e. The van der Waals surface area contributed by atoms with Crippen LogP contribution in [-0.2, 0) is 14.8 Å². The van der Waals surface area contributed by atoms with Gasteiger partial charge in [0.2, 0.25) is 5.91 Å². The molecule has 0 heterocycles. The summed E-state index contributed by atoms with van der Waals surface area (Å²) in [5.41, 5.74) is 1.18.